The molecule has 5 heteroatoms. The molecule has 0 radical (unpaired) electrons. The Bertz CT molecular complexity index is 384. The molecule has 2 heterocycles. The second-order valence-corrected chi connectivity index (χ2v) is 5.63. The highest BCUT2D eigenvalue weighted by molar-refractivity contribution is 14.1. The molecule has 1 aliphatic heterocycles. The van der Waals surface area contributed by atoms with Gasteiger partial charge in [-0.3, -0.25) is 0 Å². The summed E-state index contributed by atoms with van der Waals surface area (Å²) in [5.74, 6) is 1.95. The summed E-state index contributed by atoms with van der Waals surface area (Å²) in [6, 6.07) is 1.90. The van der Waals surface area contributed by atoms with E-state index in [2.05, 4.69) is 57.4 Å². The van der Waals surface area contributed by atoms with Crippen molar-refractivity contribution in [3.05, 3.63) is 14.4 Å². The van der Waals surface area contributed by atoms with Crippen LogP contribution in [0.3, 0.4) is 0 Å². The molecule has 82 valence electrons. The number of pyridine rings is 1. The molecule has 0 fully saturated rings. The van der Waals surface area contributed by atoms with Crippen LogP contribution in [0.5, 0.6) is 11.5 Å². The second-order valence-electron chi connectivity index (χ2n) is 3.77. The fraction of sp³-hybridized carbons (Fsp3) is 0.500. The number of halogens is 2. The van der Waals surface area contributed by atoms with Crippen LogP contribution in [-0.2, 0) is 0 Å². The minimum atomic E-state index is 0.127. The van der Waals surface area contributed by atoms with E-state index in [1.54, 1.807) is 0 Å². The Morgan fingerprint density at radius 2 is 2.33 bits per heavy atom. The number of ether oxygens (including phenoxy) is 2. The maximum Gasteiger partial charge on any atom is 0.194 e. The van der Waals surface area contributed by atoms with Gasteiger partial charge in [-0.15, -0.1) is 0 Å². The number of hydrogen-bond acceptors (Lipinski definition) is 3. The van der Waals surface area contributed by atoms with Crippen molar-refractivity contribution in [3.63, 3.8) is 0 Å². The quantitative estimate of drug-likeness (QED) is 0.551. The van der Waals surface area contributed by atoms with Gasteiger partial charge in [0.2, 0.25) is 0 Å². The Kier molecular flexibility index (Phi) is 3.39. The third kappa shape index (κ3) is 2.38. The van der Waals surface area contributed by atoms with Crippen LogP contribution in [-0.4, -0.2) is 17.7 Å². The Hall–Kier alpha value is -0.0400. The van der Waals surface area contributed by atoms with Crippen molar-refractivity contribution >= 4 is 38.5 Å². The summed E-state index contributed by atoms with van der Waals surface area (Å²) in [7, 11) is 0. The first-order valence-corrected chi connectivity index (χ1v) is 6.60. The Balaban J connectivity index is 2.33. The maximum absolute atomic E-state index is 5.86. The van der Waals surface area contributed by atoms with Crippen LogP contribution >= 0.6 is 38.5 Å². The largest absolute Gasteiger partial charge is 0.483 e. The lowest BCUT2D eigenvalue weighted by atomic mass is 10.1. The van der Waals surface area contributed by atoms with Gasteiger partial charge in [0.1, 0.15) is 16.4 Å². The molecule has 1 aromatic rings. The molecule has 0 amide bonds. The van der Waals surface area contributed by atoms with E-state index >= 15 is 0 Å². The van der Waals surface area contributed by atoms with Crippen LogP contribution in [0, 0.1) is 9.62 Å². The average Bonchev–Trinajstić information content (AvgIpc) is 2.16. The molecule has 0 bridgehead atoms. The molecular weight excluding hydrogens is 373 g/mol. The SMILES string of the molecule is CC(C)C1COc2c(cc(I)nc2Br)O1. The van der Waals surface area contributed by atoms with Crippen LogP contribution in [0.2, 0.25) is 0 Å². The first-order valence-electron chi connectivity index (χ1n) is 4.73. The van der Waals surface area contributed by atoms with Crippen molar-refractivity contribution in [3.8, 4) is 11.5 Å². The monoisotopic (exact) mass is 383 g/mol. The van der Waals surface area contributed by atoms with Gasteiger partial charge >= 0.3 is 0 Å². The average molecular weight is 384 g/mol. The van der Waals surface area contributed by atoms with E-state index in [1.165, 1.54) is 0 Å². The highest BCUT2D eigenvalue weighted by Crippen LogP contribution is 2.39. The highest BCUT2D eigenvalue weighted by atomic mass is 127. The molecule has 1 aliphatic rings. The van der Waals surface area contributed by atoms with Gasteiger partial charge in [0.15, 0.2) is 16.1 Å². The van der Waals surface area contributed by atoms with Crippen LogP contribution in [0.4, 0.5) is 0 Å². The van der Waals surface area contributed by atoms with E-state index in [0.717, 1.165) is 9.45 Å². The molecule has 15 heavy (non-hydrogen) atoms. The van der Waals surface area contributed by atoms with Gasteiger partial charge in [0.05, 0.1) is 0 Å². The Morgan fingerprint density at radius 3 is 3.00 bits per heavy atom. The zero-order chi connectivity index (χ0) is 11.0. The van der Waals surface area contributed by atoms with Gasteiger partial charge in [0.25, 0.3) is 0 Å². The van der Waals surface area contributed by atoms with E-state index in [4.69, 9.17) is 9.47 Å². The van der Waals surface area contributed by atoms with Gasteiger partial charge in [-0.05, 0) is 44.4 Å². The molecule has 1 unspecified atom stereocenters. The second kappa shape index (κ2) is 4.45. The first kappa shape index (κ1) is 11.4. The van der Waals surface area contributed by atoms with E-state index in [-0.39, 0.29) is 6.10 Å². The number of aromatic nitrogens is 1. The predicted octanol–water partition coefficient (Wildman–Crippen LogP) is 3.24. The molecule has 1 aromatic heterocycles. The molecule has 0 N–H and O–H groups in total. The zero-order valence-corrected chi connectivity index (χ0v) is 12.2. The lowest BCUT2D eigenvalue weighted by Crippen LogP contribution is -2.33. The van der Waals surface area contributed by atoms with Gasteiger partial charge in [-0.1, -0.05) is 13.8 Å². The summed E-state index contributed by atoms with van der Waals surface area (Å²) < 4.78 is 13.1. The van der Waals surface area contributed by atoms with Crippen molar-refractivity contribution in [2.24, 2.45) is 5.92 Å². The number of fused-ring (bicyclic) bond motifs is 1. The first-order chi connectivity index (χ1) is 7.08. The maximum atomic E-state index is 5.86. The summed E-state index contributed by atoms with van der Waals surface area (Å²) in [6.07, 6.45) is 0.127. The minimum absolute atomic E-state index is 0.127. The van der Waals surface area contributed by atoms with E-state index < -0.39 is 0 Å². The molecular formula is C10H11BrINO2. The molecule has 0 saturated heterocycles. The van der Waals surface area contributed by atoms with Gasteiger partial charge in [-0.2, -0.15) is 0 Å². The van der Waals surface area contributed by atoms with Crippen LogP contribution in [0.15, 0.2) is 10.7 Å². The molecule has 2 rings (SSSR count). The Morgan fingerprint density at radius 1 is 1.60 bits per heavy atom. The lowest BCUT2D eigenvalue weighted by Gasteiger charge is -2.29. The summed E-state index contributed by atoms with van der Waals surface area (Å²) in [5.41, 5.74) is 0. The van der Waals surface area contributed by atoms with Crippen LogP contribution < -0.4 is 9.47 Å². The van der Waals surface area contributed by atoms with E-state index in [0.29, 0.717) is 22.9 Å². The highest BCUT2D eigenvalue weighted by Gasteiger charge is 2.26. The molecule has 3 nitrogen and oxygen atoms in total. The summed E-state index contributed by atoms with van der Waals surface area (Å²) in [5, 5.41) is 0. The number of rotatable bonds is 1. The molecule has 0 aromatic carbocycles. The topological polar surface area (TPSA) is 31.4 Å². The predicted molar refractivity (Wildman–Crippen MR) is 69.4 cm³/mol. The van der Waals surface area contributed by atoms with Crippen molar-refractivity contribution in [2.75, 3.05) is 6.61 Å². The van der Waals surface area contributed by atoms with Crippen molar-refractivity contribution in [2.45, 2.75) is 20.0 Å². The van der Waals surface area contributed by atoms with Crippen molar-refractivity contribution in [1.82, 2.24) is 4.98 Å². The molecule has 0 saturated carbocycles. The standard InChI is InChI=1S/C10H11BrINO2/c1-5(2)7-4-14-9-6(15-7)3-8(12)13-10(9)11/h3,5,7H,4H2,1-2H3. The zero-order valence-electron chi connectivity index (χ0n) is 8.46. The normalized spacial score (nSPS) is 19.4. The lowest BCUT2D eigenvalue weighted by molar-refractivity contribution is 0.0577. The smallest absolute Gasteiger partial charge is 0.194 e. The fourth-order valence-corrected chi connectivity index (χ4v) is 2.72. The molecule has 0 spiro atoms. The van der Waals surface area contributed by atoms with Gasteiger partial charge in [-0.25, -0.2) is 4.98 Å². The molecule has 0 aliphatic carbocycles. The molecule has 1 atom stereocenters. The summed E-state index contributed by atoms with van der Waals surface area (Å²) in [4.78, 5) is 4.26. The van der Waals surface area contributed by atoms with Crippen LogP contribution in [0.25, 0.3) is 0 Å². The van der Waals surface area contributed by atoms with E-state index in [9.17, 15) is 0 Å². The van der Waals surface area contributed by atoms with Crippen molar-refractivity contribution < 1.29 is 9.47 Å². The van der Waals surface area contributed by atoms with Crippen molar-refractivity contribution in [1.29, 1.82) is 0 Å². The summed E-state index contributed by atoms with van der Waals surface area (Å²) in [6.45, 7) is 4.84. The van der Waals surface area contributed by atoms with Gasteiger partial charge < -0.3 is 9.47 Å². The third-order valence-electron chi connectivity index (χ3n) is 2.28. The van der Waals surface area contributed by atoms with Crippen LogP contribution in [0.1, 0.15) is 13.8 Å². The minimum Gasteiger partial charge on any atom is -0.483 e. The fourth-order valence-electron chi connectivity index (χ4n) is 1.36. The number of hydrogen-bond donors (Lipinski definition) is 0. The summed E-state index contributed by atoms with van der Waals surface area (Å²) >= 11 is 5.53. The van der Waals surface area contributed by atoms with Gasteiger partial charge in [0, 0.05) is 6.07 Å². The number of nitrogens with zero attached hydrogens (tertiary/aromatic N) is 1. The Labute approximate surface area is 111 Å². The third-order valence-corrected chi connectivity index (χ3v) is 3.37. The van der Waals surface area contributed by atoms with E-state index in [1.807, 2.05) is 6.07 Å².